The zero-order valence-corrected chi connectivity index (χ0v) is 16.5. The lowest BCUT2D eigenvalue weighted by Gasteiger charge is -2.26. The van der Waals surface area contributed by atoms with Gasteiger partial charge >= 0.3 is 6.09 Å². The van der Waals surface area contributed by atoms with Gasteiger partial charge in [0.25, 0.3) is 0 Å². The van der Waals surface area contributed by atoms with Crippen molar-refractivity contribution in [2.75, 3.05) is 20.2 Å². The summed E-state index contributed by atoms with van der Waals surface area (Å²) in [6.45, 7) is 1.42. The fourth-order valence-corrected chi connectivity index (χ4v) is 4.54. The van der Waals surface area contributed by atoms with Crippen molar-refractivity contribution in [3.63, 3.8) is 0 Å². The van der Waals surface area contributed by atoms with Gasteiger partial charge in [0.2, 0.25) is 5.78 Å². The Balaban J connectivity index is 1.65. The number of rotatable bonds is 3. The van der Waals surface area contributed by atoms with E-state index in [1.807, 2.05) is 36.4 Å². The molecule has 2 aliphatic rings. The largest absolute Gasteiger partial charge is 0.496 e. The molecule has 2 aromatic rings. The molecule has 0 unspecified atom stereocenters. The molecule has 4 rings (SSSR count). The Morgan fingerprint density at radius 2 is 1.75 bits per heavy atom. The Morgan fingerprint density at radius 3 is 2.46 bits per heavy atom. The van der Waals surface area contributed by atoms with E-state index in [1.54, 1.807) is 17.0 Å². The van der Waals surface area contributed by atoms with Crippen molar-refractivity contribution in [2.45, 2.75) is 24.2 Å². The molecular weight excluding hydrogens is 374 g/mol. The van der Waals surface area contributed by atoms with Crippen LogP contribution < -0.4 is 9.47 Å². The van der Waals surface area contributed by atoms with Gasteiger partial charge in [0, 0.05) is 13.1 Å². The van der Waals surface area contributed by atoms with Gasteiger partial charge in [0.1, 0.15) is 11.5 Å². The smallest absolute Gasteiger partial charge is 0.415 e. The van der Waals surface area contributed by atoms with Crippen molar-refractivity contribution < 1.29 is 19.1 Å². The Bertz CT molecular complexity index is 933. The van der Waals surface area contributed by atoms with Crippen molar-refractivity contribution in [1.82, 2.24) is 4.90 Å². The summed E-state index contributed by atoms with van der Waals surface area (Å²) in [5, 5.41) is 0. The third kappa shape index (κ3) is 3.64. The molecular formula is C22H21NO4S. The van der Waals surface area contributed by atoms with E-state index >= 15 is 0 Å². The zero-order valence-electron chi connectivity index (χ0n) is 15.6. The van der Waals surface area contributed by atoms with Crippen LogP contribution in [-0.4, -0.2) is 37.0 Å². The number of amides is 1. The number of ketones is 1. The normalized spacial score (nSPS) is 17.5. The fourth-order valence-electron chi connectivity index (χ4n) is 3.42. The molecule has 1 amide bonds. The first-order valence-electron chi connectivity index (χ1n) is 9.34. The minimum Gasteiger partial charge on any atom is -0.496 e. The number of ether oxygens (including phenoxy) is 2. The van der Waals surface area contributed by atoms with Crippen LogP contribution in [0.25, 0.3) is 6.08 Å². The summed E-state index contributed by atoms with van der Waals surface area (Å²) in [4.78, 5) is 28.5. The molecule has 1 saturated heterocycles. The van der Waals surface area contributed by atoms with Gasteiger partial charge < -0.3 is 14.4 Å². The summed E-state index contributed by atoms with van der Waals surface area (Å²) >= 11 is 1.32. The molecule has 0 N–H and O–H groups in total. The molecule has 2 aromatic carbocycles. The molecule has 2 heterocycles. The standard InChI is InChI=1S/C22H21NO4S/c1-26-16-10-11-17(27-22(25)23-12-6-3-7-13-23)21-19(16)20(24)18(28-21)14-15-8-4-2-5-9-15/h2,4-5,8-11,14H,3,6-7,12-13H2,1H3/b18-14+. The molecule has 0 aliphatic carbocycles. The van der Waals surface area contributed by atoms with Crippen LogP contribution in [0.15, 0.2) is 52.3 Å². The number of hydrogen-bond donors (Lipinski definition) is 0. The SMILES string of the molecule is COc1ccc(OC(=O)N2CCCCC2)c2c1C(=O)/C(=C\c1ccccc1)S2. The van der Waals surface area contributed by atoms with Gasteiger partial charge in [-0.25, -0.2) is 4.79 Å². The number of carbonyl (C=O) groups excluding carboxylic acids is 2. The number of carbonyl (C=O) groups is 2. The summed E-state index contributed by atoms with van der Waals surface area (Å²) in [6, 6.07) is 13.1. The number of methoxy groups -OCH3 is 1. The van der Waals surface area contributed by atoms with Crippen molar-refractivity contribution in [3.8, 4) is 11.5 Å². The van der Waals surface area contributed by atoms with Crippen molar-refractivity contribution in [2.24, 2.45) is 0 Å². The second-order valence-corrected chi connectivity index (χ2v) is 7.79. The Kier molecular flexibility index (Phi) is 5.39. The van der Waals surface area contributed by atoms with Crippen LogP contribution in [0.3, 0.4) is 0 Å². The number of nitrogens with zero attached hydrogens (tertiary/aromatic N) is 1. The molecule has 144 valence electrons. The van der Waals surface area contributed by atoms with Crippen LogP contribution in [0.2, 0.25) is 0 Å². The van der Waals surface area contributed by atoms with E-state index in [9.17, 15) is 9.59 Å². The van der Waals surface area contributed by atoms with Gasteiger partial charge in [-0.15, -0.1) is 0 Å². The maximum absolute atomic E-state index is 13.0. The fraction of sp³-hybridized carbons (Fsp3) is 0.273. The minimum atomic E-state index is -0.361. The van der Waals surface area contributed by atoms with Gasteiger partial charge in [0.15, 0.2) is 0 Å². The van der Waals surface area contributed by atoms with Gasteiger partial charge in [-0.05, 0) is 43.0 Å². The number of Topliss-reactive ketones (excluding diaryl/α,β-unsaturated/α-hetero) is 1. The number of fused-ring (bicyclic) bond motifs is 1. The summed E-state index contributed by atoms with van der Waals surface area (Å²) in [6.07, 6.45) is 4.61. The second-order valence-electron chi connectivity index (χ2n) is 6.74. The molecule has 0 radical (unpaired) electrons. The lowest BCUT2D eigenvalue weighted by molar-refractivity contribution is 0.103. The average Bonchev–Trinajstić information content (AvgIpc) is 3.06. The van der Waals surface area contributed by atoms with Crippen LogP contribution in [0.4, 0.5) is 4.79 Å². The highest BCUT2D eigenvalue weighted by molar-refractivity contribution is 8.05. The van der Waals surface area contributed by atoms with Crippen LogP contribution in [-0.2, 0) is 0 Å². The number of piperidine rings is 1. The maximum Gasteiger partial charge on any atom is 0.415 e. The van der Waals surface area contributed by atoms with Crippen LogP contribution in [0, 0.1) is 0 Å². The topological polar surface area (TPSA) is 55.8 Å². The zero-order chi connectivity index (χ0) is 19.5. The highest BCUT2D eigenvalue weighted by Gasteiger charge is 2.33. The summed E-state index contributed by atoms with van der Waals surface area (Å²) in [7, 11) is 1.53. The first-order valence-corrected chi connectivity index (χ1v) is 10.2. The number of allylic oxidation sites excluding steroid dienone is 1. The van der Waals surface area contributed by atoms with Crippen molar-refractivity contribution in [3.05, 3.63) is 58.5 Å². The molecule has 5 nitrogen and oxygen atoms in total. The molecule has 1 fully saturated rings. The Morgan fingerprint density at radius 1 is 1.04 bits per heavy atom. The van der Waals surface area contributed by atoms with Crippen molar-refractivity contribution >= 4 is 29.7 Å². The van der Waals surface area contributed by atoms with Crippen molar-refractivity contribution in [1.29, 1.82) is 0 Å². The lowest BCUT2D eigenvalue weighted by Crippen LogP contribution is -2.37. The monoisotopic (exact) mass is 395 g/mol. The summed E-state index contributed by atoms with van der Waals surface area (Å²) in [5.41, 5.74) is 1.40. The first kappa shape index (κ1) is 18.6. The summed E-state index contributed by atoms with van der Waals surface area (Å²) in [5.74, 6) is 0.777. The molecule has 0 aromatic heterocycles. The second kappa shape index (κ2) is 8.10. The third-order valence-electron chi connectivity index (χ3n) is 4.87. The van der Waals surface area contributed by atoms with E-state index < -0.39 is 0 Å². The quantitative estimate of drug-likeness (QED) is 0.684. The highest BCUT2D eigenvalue weighted by Crippen LogP contribution is 2.49. The molecule has 0 spiro atoms. The lowest BCUT2D eigenvalue weighted by atomic mass is 10.1. The van der Waals surface area contributed by atoms with E-state index in [0.717, 1.165) is 24.8 Å². The Labute approximate surface area is 168 Å². The van der Waals surface area contributed by atoms with Crippen LogP contribution in [0.5, 0.6) is 11.5 Å². The van der Waals surface area contributed by atoms with E-state index in [-0.39, 0.29) is 11.9 Å². The predicted molar refractivity (Wildman–Crippen MR) is 109 cm³/mol. The summed E-state index contributed by atoms with van der Waals surface area (Å²) < 4.78 is 11.1. The number of benzene rings is 2. The highest BCUT2D eigenvalue weighted by atomic mass is 32.2. The van der Waals surface area contributed by atoms with Gasteiger partial charge in [0.05, 0.1) is 22.5 Å². The number of thioether (sulfide) groups is 1. The molecule has 0 saturated carbocycles. The van der Waals surface area contributed by atoms with Gasteiger partial charge in [-0.3, -0.25) is 4.79 Å². The van der Waals surface area contributed by atoms with Crippen LogP contribution >= 0.6 is 11.8 Å². The number of hydrogen-bond acceptors (Lipinski definition) is 5. The van der Waals surface area contributed by atoms with E-state index in [1.165, 1.54) is 18.9 Å². The Hall–Kier alpha value is -2.73. The molecule has 6 heteroatoms. The van der Waals surface area contributed by atoms with E-state index in [2.05, 4.69) is 0 Å². The first-order chi connectivity index (χ1) is 13.7. The van der Waals surface area contributed by atoms with E-state index in [0.29, 0.717) is 40.0 Å². The van der Waals surface area contributed by atoms with Crippen LogP contribution in [0.1, 0.15) is 35.2 Å². The minimum absolute atomic E-state index is 0.114. The molecule has 0 atom stereocenters. The molecule has 2 aliphatic heterocycles. The molecule has 0 bridgehead atoms. The third-order valence-corrected chi connectivity index (χ3v) is 6.01. The van der Waals surface area contributed by atoms with Gasteiger partial charge in [-0.2, -0.15) is 0 Å². The molecule has 28 heavy (non-hydrogen) atoms. The van der Waals surface area contributed by atoms with Gasteiger partial charge in [-0.1, -0.05) is 42.1 Å². The predicted octanol–water partition coefficient (Wildman–Crippen LogP) is 5.01. The number of likely N-dealkylation sites (tertiary alicyclic amines) is 1. The maximum atomic E-state index is 13.0. The van der Waals surface area contributed by atoms with E-state index in [4.69, 9.17) is 9.47 Å². The average molecular weight is 395 g/mol.